The van der Waals surface area contributed by atoms with E-state index in [1.165, 1.54) is 6.07 Å². The van der Waals surface area contributed by atoms with Gasteiger partial charge in [-0.2, -0.15) is 0 Å². The van der Waals surface area contributed by atoms with Crippen molar-refractivity contribution in [1.82, 2.24) is 4.98 Å². The Kier molecular flexibility index (Phi) is 3.62. The molecule has 0 spiro atoms. The standard InChI is InChI=1S/C8H7BrClF2N/c1-4-5(8(11)12)2-6(9)7(3-10)13-4/h2,8H,3H2,1H3. The average Bonchev–Trinajstić information content (AvgIpc) is 2.07. The monoisotopic (exact) mass is 269 g/mol. The lowest BCUT2D eigenvalue weighted by Crippen LogP contribution is -1.97. The van der Waals surface area contributed by atoms with Crippen LogP contribution in [0, 0.1) is 6.92 Å². The van der Waals surface area contributed by atoms with Crippen molar-refractivity contribution in [2.45, 2.75) is 19.2 Å². The van der Waals surface area contributed by atoms with Gasteiger partial charge in [-0.05, 0) is 28.9 Å². The Morgan fingerprint density at radius 2 is 2.23 bits per heavy atom. The first kappa shape index (κ1) is 10.9. The van der Waals surface area contributed by atoms with E-state index in [1.54, 1.807) is 6.92 Å². The minimum Gasteiger partial charge on any atom is -0.255 e. The molecule has 72 valence electrons. The van der Waals surface area contributed by atoms with E-state index in [9.17, 15) is 8.78 Å². The van der Waals surface area contributed by atoms with Crippen molar-refractivity contribution in [3.8, 4) is 0 Å². The first-order chi connectivity index (χ1) is 6.06. The van der Waals surface area contributed by atoms with Crippen LogP contribution in [0.25, 0.3) is 0 Å². The van der Waals surface area contributed by atoms with E-state index in [-0.39, 0.29) is 11.4 Å². The maximum Gasteiger partial charge on any atom is 0.265 e. The number of aryl methyl sites for hydroxylation is 1. The number of aromatic nitrogens is 1. The number of nitrogens with zero attached hydrogens (tertiary/aromatic N) is 1. The summed E-state index contributed by atoms with van der Waals surface area (Å²) < 4.78 is 25.2. The number of rotatable bonds is 2. The maximum absolute atomic E-state index is 12.3. The lowest BCUT2D eigenvalue weighted by Gasteiger charge is -2.07. The molecule has 0 N–H and O–H groups in total. The molecule has 0 bridgehead atoms. The third kappa shape index (κ3) is 2.38. The summed E-state index contributed by atoms with van der Waals surface area (Å²) >= 11 is 8.69. The molecule has 0 aliphatic carbocycles. The Balaban J connectivity index is 3.20. The zero-order chi connectivity index (χ0) is 10.0. The van der Waals surface area contributed by atoms with Gasteiger partial charge in [0.1, 0.15) is 0 Å². The van der Waals surface area contributed by atoms with Crippen LogP contribution < -0.4 is 0 Å². The first-order valence-corrected chi connectivity index (χ1v) is 4.89. The van der Waals surface area contributed by atoms with E-state index in [1.807, 2.05) is 0 Å². The fraction of sp³-hybridized carbons (Fsp3) is 0.375. The van der Waals surface area contributed by atoms with E-state index in [0.29, 0.717) is 15.9 Å². The van der Waals surface area contributed by atoms with Crippen molar-refractivity contribution >= 4 is 27.5 Å². The Labute approximate surface area is 88.2 Å². The number of hydrogen-bond acceptors (Lipinski definition) is 1. The maximum atomic E-state index is 12.3. The van der Waals surface area contributed by atoms with Gasteiger partial charge in [0, 0.05) is 15.7 Å². The van der Waals surface area contributed by atoms with Gasteiger partial charge in [0.25, 0.3) is 6.43 Å². The molecule has 0 radical (unpaired) electrons. The van der Waals surface area contributed by atoms with Crippen LogP contribution in [-0.4, -0.2) is 4.98 Å². The molecule has 1 nitrogen and oxygen atoms in total. The average molecular weight is 271 g/mol. The van der Waals surface area contributed by atoms with Gasteiger partial charge in [-0.3, -0.25) is 4.98 Å². The fourth-order valence-corrected chi connectivity index (χ4v) is 1.80. The van der Waals surface area contributed by atoms with Gasteiger partial charge in [0.2, 0.25) is 0 Å². The van der Waals surface area contributed by atoms with Crippen LogP contribution in [-0.2, 0) is 5.88 Å². The van der Waals surface area contributed by atoms with Crippen molar-refractivity contribution in [1.29, 1.82) is 0 Å². The molecule has 0 aliphatic rings. The molecule has 1 rings (SSSR count). The van der Waals surface area contributed by atoms with Crippen molar-refractivity contribution in [2.24, 2.45) is 0 Å². The summed E-state index contributed by atoms with van der Waals surface area (Å²) in [6.07, 6.45) is -2.49. The third-order valence-electron chi connectivity index (χ3n) is 1.64. The number of alkyl halides is 3. The Hall–Kier alpha value is -0.220. The summed E-state index contributed by atoms with van der Waals surface area (Å²) in [6.45, 7) is 1.55. The Morgan fingerprint density at radius 1 is 1.62 bits per heavy atom. The molecular formula is C8H7BrClF2N. The summed E-state index contributed by atoms with van der Waals surface area (Å²) in [6, 6.07) is 1.37. The molecule has 5 heteroatoms. The topological polar surface area (TPSA) is 12.9 Å². The molecule has 0 amide bonds. The number of pyridine rings is 1. The summed E-state index contributed by atoms with van der Waals surface area (Å²) in [4.78, 5) is 3.95. The number of hydrogen-bond donors (Lipinski definition) is 0. The van der Waals surface area contributed by atoms with Crippen molar-refractivity contribution < 1.29 is 8.78 Å². The quantitative estimate of drug-likeness (QED) is 0.744. The van der Waals surface area contributed by atoms with Crippen LogP contribution in [0.3, 0.4) is 0 Å². The zero-order valence-corrected chi connectivity index (χ0v) is 9.16. The second-order valence-corrected chi connectivity index (χ2v) is 3.65. The predicted octanol–water partition coefficient (Wildman–Crippen LogP) is 3.83. The largest absolute Gasteiger partial charge is 0.265 e. The molecule has 0 saturated carbocycles. The predicted molar refractivity (Wildman–Crippen MR) is 51.2 cm³/mol. The Bertz CT molecular complexity index is 317. The van der Waals surface area contributed by atoms with E-state index in [4.69, 9.17) is 11.6 Å². The van der Waals surface area contributed by atoms with E-state index in [2.05, 4.69) is 20.9 Å². The lowest BCUT2D eigenvalue weighted by atomic mass is 10.2. The van der Waals surface area contributed by atoms with Gasteiger partial charge in [-0.15, -0.1) is 11.6 Å². The molecule has 0 saturated heterocycles. The van der Waals surface area contributed by atoms with Crippen LogP contribution in [0.5, 0.6) is 0 Å². The van der Waals surface area contributed by atoms with Gasteiger partial charge in [-0.1, -0.05) is 0 Å². The van der Waals surface area contributed by atoms with Crippen LogP contribution in [0.15, 0.2) is 10.5 Å². The summed E-state index contributed by atoms with van der Waals surface area (Å²) in [5.41, 5.74) is 0.859. The summed E-state index contributed by atoms with van der Waals surface area (Å²) in [7, 11) is 0. The molecule has 0 unspecified atom stereocenters. The van der Waals surface area contributed by atoms with Crippen LogP contribution in [0.4, 0.5) is 8.78 Å². The zero-order valence-electron chi connectivity index (χ0n) is 6.82. The van der Waals surface area contributed by atoms with Gasteiger partial charge in [0.15, 0.2) is 0 Å². The Morgan fingerprint density at radius 3 is 2.69 bits per heavy atom. The minimum absolute atomic E-state index is 0.0549. The van der Waals surface area contributed by atoms with Gasteiger partial charge in [0.05, 0.1) is 11.6 Å². The van der Waals surface area contributed by atoms with Gasteiger partial charge in [-0.25, -0.2) is 8.78 Å². The third-order valence-corrected chi connectivity index (χ3v) is 2.58. The van der Waals surface area contributed by atoms with E-state index >= 15 is 0 Å². The van der Waals surface area contributed by atoms with Gasteiger partial charge < -0.3 is 0 Å². The lowest BCUT2D eigenvalue weighted by molar-refractivity contribution is 0.150. The molecule has 0 atom stereocenters. The van der Waals surface area contributed by atoms with Crippen molar-refractivity contribution in [3.05, 3.63) is 27.5 Å². The van der Waals surface area contributed by atoms with E-state index in [0.717, 1.165) is 0 Å². The van der Waals surface area contributed by atoms with Crippen molar-refractivity contribution in [2.75, 3.05) is 0 Å². The number of halogens is 4. The highest BCUT2D eigenvalue weighted by molar-refractivity contribution is 9.10. The molecule has 1 aromatic heterocycles. The molecule has 1 heterocycles. The smallest absolute Gasteiger partial charge is 0.255 e. The molecule has 0 aliphatic heterocycles. The summed E-state index contributed by atoms with van der Waals surface area (Å²) in [5.74, 6) is 0.213. The molecule has 1 aromatic rings. The molecular weight excluding hydrogens is 263 g/mol. The molecule has 13 heavy (non-hydrogen) atoms. The van der Waals surface area contributed by atoms with E-state index < -0.39 is 6.43 Å². The molecule has 0 aromatic carbocycles. The minimum atomic E-state index is -2.49. The SMILES string of the molecule is Cc1nc(CCl)c(Br)cc1C(F)F. The highest BCUT2D eigenvalue weighted by atomic mass is 79.9. The second kappa shape index (κ2) is 4.33. The van der Waals surface area contributed by atoms with Gasteiger partial charge >= 0.3 is 0 Å². The molecule has 0 fully saturated rings. The summed E-state index contributed by atoms with van der Waals surface area (Å²) in [5, 5.41) is 0. The van der Waals surface area contributed by atoms with Crippen LogP contribution >= 0.6 is 27.5 Å². The highest BCUT2D eigenvalue weighted by Crippen LogP contribution is 2.27. The second-order valence-electron chi connectivity index (χ2n) is 2.53. The first-order valence-electron chi connectivity index (χ1n) is 3.56. The highest BCUT2D eigenvalue weighted by Gasteiger charge is 2.14. The van der Waals surface area contributed by atoms with Crippen LogP contribution in [0.2, 0.25) is 0 Å². The van der Waals surface area contributed by atoms with Crippen LogP contribution in [0.1, 0.15) is 23.4 Å². The van der Waals surface area contributed by atoms with Crippen molar-refractivity contribution in [3.63, 3.8) is 0 Å². The normalized spacial score (nSPS) is 10.9. The fourth-order valence-electron chi connectivity index (χ4n) is 0.959.